The summed E-state index contributed by atoms with van der Waals surface area (Å²) in [6.45, 7) is 4.14. The van der Waals surface area contributed by atoms with Crippen LogP contribution in [0.3, 0.4) is 0 Å². The van der Waals surface area contributed by atoms with Crippen LogP contribution in [-0.2, 0) is 16.1 Å². The predicted molar refractivity (Wildman–Crippen MR) is 94.9 cm³/mol. The van der Waals surface area contributed by atoms with Crippen LogP contribution in [0, 0.1) is 6.92 Å². The Labute approximate surface area is 146 Å². The molecule has 0 bridgehead atoms. The average Bonchev–Trinajstić information content (AvgIpc) is 2.55. The normalized spacial score (nSPS) is 10.3. The summed E-state index contributed by atoms with van der Waals surface area (Å²) in [4.78, 5) is 29.5. The van der Waals surface area contributed by atoms with Gasteiger partial charge in [-0.05, 0) is 48.4 Å². The van der Waals surface area contributed by atoms with Gasteiger partial charge in [-0.1, -0.05) is 11.6 Å². The van der Waals surface area contributed by atoms with Crippen LogP contribution in [0.4, 0.5) is 5.69 Å². The quantitative estimate of drug-likeness (QED) is 0.875. The van der Waals surface area contributed by atoms with Crippen LogP contribution in [0.1, 0.15) is 24.5 Å². The van der Waals surface area contributed by atoms with E-state index in [0.717, 1.165) is 16.8 Å². The lowest BCUT2D eigenvalue weighted by Crippen LogP contribution is -2.34. The van der Waals surface area contributed by atoms with E-state index in [2.05, 4.69) is 10.3 Å². The maximum absolute atomic E-state index is 12.0. The van der Waals surface area contributed by atoms with Crippen LogP contribution in [-0.4, -0.2) is 23.3 Å². The van der Waals surface area contributed by atoms with Gasteiger partial charge in [0.1, 0.15) is 0 Å². The fraction of sp³-hybridized carbons (Fsp3) is 0.278. The molecule has 0 radical (unpaired) electrons. The Morgan fingerprint density at radius 1 is 1.21 bits per heavy atom. The van der Waals surface area contributed by atoms with Crippen molar-refractivity contribution in [3.8, 4) is 0 Å². The molecular formula is C18H20ClN3O2. The van der Waals surface area contributed by atoms with Crippen LogP contribution in [0.15, 0.2) is 42.7 Å². The first-order valence-electron chi connectivity index (χ1n) is 7.67. The number of nitrogens with one attached hydrogen (secondary N) is 1. The molecule has 0 saturated heterocycles. The minimum Gasteiger partial charge on any atom is -0.352 e. The lowest BCUT2D eigenvalue weighted by molar-refractivity contribution is -0.121. The highest BCUT2D eigenvalue weighted by Gasteiger charge is 2.15. The summed E-state index contributed by atoms with van der Waals surface area (Å²) in [5, 5.41) is 3.46. The van der Waals surface area contributed by atoms with Crippen LogP contribution >= 0.6 is 11.6 Å². The second-order valence-corrected chi connectivity index (χ2v) is 5.92. The molecule has 0 aliphatic heterocycles. The van der Waals surface area contributed by atoms with E-state index in [1.807, 2.05) is 19.1 Å². The van der Waals surface area contributed by atoms with Crippen LogP contribution < -0.4 is 10.2 Å². The van der Waals surface area contributed by atoms with E-state index in [1.165, 1.54) is 6.92 Å². The van der Waals surface area contributed by atoms with Gasteiger partial charge in [0.15, 0.2) is 0 Å². The van der Waals surface area contributed by atoms with E-state index in [4.69, 9.17) is 11.6 Å². The number of rotatable bonds is 6. The van der Waals surface area contributed by atoms with Crippen LogP contribution in [0.25, 0.3) is 0 Å². The Bertz CT molecular complexity index is 719. The van der Waals surface area contributed by atoms with Gasteiger partial charge in [-0.15, -0.1) is 0 Å². The topological polar surface area (TPSA) is 62.3 Å². The number of amides is 2. The molecule has 5 nitrogen and oxygen atoms in total. The fourth-order valence-corrected chi connectivity index (χ4v) is 2.60. The number of nitrogens with zero attached hydrogens (tertiary/aromatic N) is 2. The molecule has 1 heterocycles. The third-order valence-corrected chi connectivity index (χ3v) is 3.87. The number of benzene rings is 1. The molecule has 2 amide bonds. The monoisotopic (exact) mass is 345 g/mol. The van der Waals surface area contributed by atoms with Gasteiger partial charge in [0, 0.05) is 49.5 Å². The fourth-order valence-electron chi connectivity index (χ4n) is 2.37. The molecule has 1 aromatic heterocycles. The molecule has 2 aromatic rings. The van der Waals surface area contributed by atoms with Crippen molar-refractivity contribution in [2.75, 3.05) is 11.4 Å². The summed E-state index contributed by atoms with van der Waals surface area (Å²) in [6.07, 6.45) is 3.59. The number of anilines is 1. The van der Waals surface area contributed by atoms with Gasteiger partial charge >= 0.3 is 0 Å². The summed E-state index contributed by atoms with van der Waals surface area (Å²) in [7, 11) is 0. The maximum atomic E-state index is 12.0. The molecule has 0 unspecified atom stereocenters. The zero-order valence-corrected chi connectivity index (χ0v) is 14.5. The van der Waals surface area contributed by atoms with E-state index in [9.17, 15) is 9.59 Å². The van der Waals surface area contributed by atoms with E-state index < -0.39 is 0 Å². The number of carbonyl (C=O) groups excluding carboxylic acids is 2. The van der Waals surface area contributed by atoms with E-state index >= 15 is 0 Å². The standard InChI is InChI=1S/C18H20ClN3O2/c1-13-11-16(19)3-4-17(13)22(14(2)23)10-7-18(24)21-12-15-5-8-20-9-6-15/h3-6,8-9,11H,7,10,12H2,1-2H3,(H,21,24). The predicted octanol–water partition coefficient (Wildman–Crippen LogP) is 3.10. The first kappa shape index (κ1) is 17.9. The van der Waals surface area contributed by atoms with Crippen molar-refractivity contribution < 1.29 is 9.59 Å². The molecule has 1 aromatic carbocycles. The zero-order valence-electron chi connectivity index (χ0n) is 13.8. The van der Waals surface area contributed by atoms with E-state index in [1.54, 1.807) is 35.5 Å². The number of hydrogen-bond acceptors (Lipinski definition) is 3. The third kappa shape index (κ3) is 5.06. The molecular weight excluding hydrogens is 326 g/mol. The van der Waals surface area contributed by atoms with Gasteiger partial charge in [0.2, 0.25) is 11.8 Å². The van der Waals surface area contributed by atoms with Crippen molar-refractivity contribution >= 4 is 29.1 Å². The molecule has 1 N–H and O–H groups in total. The van der Waals surface area contributed by atoms with Crippen LogP contribution in [0.2, 0.25) is 5.02 Å². The highest BCUT2D eigenvalue weighted by Crippen LogP contribution is 2.24. The Hall–Kier alpha value is -2.40. The molecule has 126 valence electrons. The first-order chi connectivity index (χ1) is 11.5. The first-order valence-corrected chi connectivity index (χ1v) is 8.05. The van der Waals surface area contributed by atoms with E-state index in [0.29, 0.717) is 18.1 Å². The van der Waals surface area contributed by atoms with E-state index in [-0.39, 0.29) is 18.2 Å². The Balaban J connectivity index is 1.94. The minimum absolute atomic E-state index is 0.107. The number of aromatic nitrogens is 1. The number of hydrogen-bond donors (Lipinski definition) is 1. The van der Waals surface area contributed by atoms with Gasteiger partial charge in [-0.3, -0.25) is 14.6 Å². The molecule has 0 aliphatic carbocycles. The number of pyridine rings is 1. The maximum Gasteiger partial charge on any atom is 0.223 e. The van der Waals surface area contributed by atoms with Gasteiger partial charge in [-0.2, -0.15) is 0 Å². The molecule has 2 rings (SSSR count). The second kappa shape index (κ2) is 8.45. The summed E-state index contributed by atoms with van der Waals surface area (Å²) < 4.78 is 0. The summed E-state index contributed by atoms with van der Waals surface area (Å²) in [5.74, 6) is -0.216. The van der Waals surface area contributed by atoms with Crippen molar-refractivity contribution in [3.05, 3.63) is 58.9 Å². The third-order valence-electron chi connectivity index (χ3n) is 3.63. The lowest BCUT2D eigenvalue weighted by Gasteiger charge is -2.23. The average molecular weight is 346 g/mol. The van der Waals surface area contributed by atoms with Crippen molar-refractivity contribution in [2.45, 2.75) is 26.8 Å². The zero-order chi connectivity index (χ0) is 17.5. The molecule has 0 saturated carbocycles. The summed E-state index contributed by atoms with van der Waals surface area (Å²) >= 11 is 5.96. The largest absolute Gasteiger partial charge is 0.352 e. The number of carbonyl (C=O) groups is 2. The molecule has 6 heteroatoms. The summed E-state index contributed by atoms with van der Waals surface area (Å²) in [6, 6.07) is 9.03. The molecule has 24 heavy (non-hydrogen) atoms. The Morgan fingerprint density at radius 3 is 2.54 bits per heavy atom. The van der Waals surface area contributed by atoms with Crippen molar-refractivity contribution in [3.63, 3.8) is 0 Å². The lowest BCUT2D eigenvalue weighted by atomic mass is 10.1. The number of aryl methyl sites for hydroxylation is 1. The number of halogens is 1. The highest BCUT2D eigenvalue weighted by molar-refractivity contribution is 6.30. The van der Waals surface area contributed by atoms with Gasteiger partial charge in [-0.25, -0.2) is 0 Å². The van der Waals surface area contributed by atoms with Crippen LogP contribution in [0.5, 0.6) is 0 Å². The van der Waals surface area contributed by atoms with Gasteiger partial charge < -0.3 is 10.2 Å². The molecule has 0 fully saturated rings. The van der Waals surface area contributed by atoms with Crippen molar-refractivity contribution in [1.29, 1.82) is 0 Å². The van der Waals surface area contributed by atoms with Crippen molar-refractivity contribution in [2.24, 2.45) is 0 Å². The Kier molecular flexibility index (Phi) is 6.32. The highest BCUT2D eigenvalue weighted by atomic mass is 35.5. The smallest absolute Gasteiger partial charge is 0.223 e. The minimum atomic E-state index is -0.109. The molecule has 0 atom stereocenters. The molecule has 0 spiro atoms. The van der Waals surface area contributed by atoms with Gasteiger partial charge in [0.25, 0.3) is 0 Å². The summed E-state index contributed by atoms with van der Waals surface area (Å²) in [5.41, 5.74) is 2.65. The SMILES string of the molecule is CC(=O)N(CCC(=O)NCc1ccncc1)c1ccc(Cl)cc1C. The van der Waals surface area contributed by atoms with Crippen molar-refractivity contribution in [1.82, 2.24) is 10.3 Å². The van der Waals surface area contributed by atoms with Gasteiger partial charge in [0.05, 0.1) is 0 Å². The molecule has 0 aliphatic rings. The second-order valence-electron chi connectivity index (χ2n) is 5.48. The Morgan fingerprint density at radius 2 is 1.92 bits per heavy atom.